The van der Waals surface area contributed by atoms with Crippen LogP contribution < -0.4 is 10.6 Å². The van der Waals surface area contributed by atoms with E-state index in [9.17, 15) is 24.0 Å². The second-order valence-corrected chi connectivity index (χ2v) is 7.89. The molecule has 0 heterocycles. The molecule has 0 aromatic carbocycles. The van der Waals surface area contributed by atoms with Crippen LogP contribution in [0.3, 0.4) is 0 Å². The first-order valence-corrected chi connectivity index (χ1v) is 10.7. The lowest BCUT2D eigenvalue weighted by molar-refractivity contribution is -0.141. The topological polar surface area (TPSA) is 119 Å². The van der Waals surface area contributed by atoms with E-state index in [1.165, 1.54) is 7.11 Å². The maximum Gasteiger partial charge on any atom is 0.305 e. The molecule has 0 rings (SSSR count). The molecule has 0 aliphatic carbocycles. The monoisotopic (exact) mass is 416 g/mol. The number of methoxy groups -OCH3 is 1. The van der Waals surface area contributed by atoms with Crippen LogP contribution in [0.2, 0.25) is 0 Å². The molecule has 0 saturated carbocycles. The fraction of sp³-hybridized carbons (Fsp3) is 0.737. The molecule has 0 saturated heterocycles. The number of Topliss-reactive ketones (excluding diaryl/α,β-unsaturated/α-hetero) is 2. The van der Waals surface area contributed by atoms with Crippen molar-refractivity contribution in [3.05, 3.63) is 0 Å². The lowest BCUT2D eigenvalue weighted by atomic mass is 9.97. The molecule has 0 aromatic heterocycles. The average Bonchev–Trinajstić information content (AvgIpc) is 2.66. The zero-order chi connectivity index (χ0) is 21.7. The first-order valence-electron chi connectivity index (χ1n) is 9.30. The summed E-state index contributed by atoms with van der Waals surface area (Å²) < 4.78 is 4.45. The lowest BCUT2D eigenvalue weighted by Gasteiger charge is -2.20. The molecular weight excluding hydrogens is 384 g/mol. The molecule has 0 spiro atoms. The number of amides is 2. The minimum atomic E-state index is -0.631. The van der Waals surface area contributed by atoms with Gasteiger partial charge >= 0.3 is 5.97 Å². The van der Waals surface area contributed by atoms with Crippen molar-refractivity contribution in [3.8, 4) is 0 Å². The van der Waals surface area contributed by atoms with Crippen LogP contribution in [0.15, 0.2) is 0 Å². The van der Waals surface area contributed by atoms with E-state index in [0.29, 0.717) is 12.2 Å². The van der Waals surface area contributed by atoms with Gasteiger partial charge in [-0.1, -0.05) is 20.8 Å². The van der Waals surface area contributed by atoms with Gasteiger partial charge in [0.2, 0.25) is 11.8 Å². The Labute approximate surface area is 170 Å². The summed E-state index contributed by atoms with van der Waals surface area (Å²) in [4.78, 5) is 59.3. The highest BCUT2D eigenvalue weighted by Crippen LogP contribution is 2.10. The molecule has 0 radical (unpaired) electrons. The number of hydrogen-bond donors (Lipinski definition) is 2. The van der Waals surface area contributed by atoms with Crippen LogP contribution in [0, 0.1) is 11.8 Å². The summed E-state index contributed by atoms with van der Waals surface area (Å²) in [5.74, 6) is -1.76. The average molecular weight is 417 g/mol. The van der Waals surface area contributed by atoms with E-state index in [2.05, 4.69) is 15.4 Å². The third-order valence-corrected chi connectivity index (χ3v) is 4.73. The van der Waals surface area contributed by atoms with Gasteiger partial charge in [-0.2, -0.15) is 11.8 Å². The highest BCUT2D eigenvalue weighted by Gasteiger charge is 2.25. The Balaban J connectivity index is 4.56. The van der Waals surface area contributed by atoms with Crippen LogP contribution >= 0.6 is 11.8 Å². The van der Waals surface area contributed by atoms with Gasteiger partial charge in [0.15, 0.2) is 11.6 Å². The molecule has 0 unspecified atom stereocenters. The summed E-state index contributed by atoms with van der Waals surface area (Å²) in [5, 5.41) is 5.23. The molecular formula is C19H32N2O6S. The van der Waals surface area contributed by atoms with Crippen LogP contribution in [0.25, 0.3) is 0 Å². The van der Waals surface area contributed by atoms with Crippen molar-refractivity contribution in [1.82, 2.24) is 10.6 Å². The van der Waals surface area contributed by atoms with Gasteiger partial charge in [0.1, 0.15) is 0 Å². The Morgan fingerprint density at radius 3 is 2.18 bits per heavy atom. The number of nitrogens with one attached hydrogen (secondary N) is 2. The maximum absolute atomic E-state index is 12.5. The van der Waals surface area contributed by atoms with Gasteiger partial charge in [0, 0.05) is 24.7 Å². The largest absolute Gasteiger partial charge is 0.469 e. The van der Waals surface area contributed by atoms with Gasteiger partial charge in [0.05, 0.1) is 26.1 Å². The van der Waals surface area contributed by atoms with Crippen LogP contribution in [-0.4, -0.2) is 61.1 Å². The zero-order valence-electron chi connectivity index (χ0n) is 17.3. The van der Waals surface area contributed by atoms with Crippen molar-refractivity contribution in [2.24, 2.45) is 11.8 Å². The Bertz CT molecular complexity index is 565. The lowest BCUT2D eigenvalue weighted by Crippen LogP contribution is -2.44. The molecule has 2 atom stereocenters. The molecule has 2 amide bonds. The van der Waals surface area contributed by atoms with Crippen LogP contribution in [-0.2, 0) is 28.7 Å². The van der Waals surface area contributed by atoms with Gasteiger partial charge in [-0.15, -0.1) is 0 Å². The van der Waals surface area contributed by atoms with E-state index in [1.54, 1.807) is 32.5 Å². The third kappa shape index (κ3) is 11.1. The molecule has 0 aromatic rings. The van der Waals surface area contributed by atoms with Crippen molar-refractivity contribution in [2.45, 2.75) is 52.5 Å². The summed E-state index contributed by atoms with van der Waals surface area (Å²) in [6.07, 6.45) is 2.33. The number of ether oxygens (including phenoxy) is 1. The van der Waals surface area contributed by atoms with Gasteiger partial charge in [-0.25, -0.2) is 0 Å². The van der Waals surface area contributed by atoms with E-state index in [0.717, 1.165) is 0 Å². The standard InChI is InChI=1S/C19H32N2O6S/c1-12(2)18(25)21-15(8-9-28-5)16(23)10-13(3)19(26)20-11-14(22)6-7-17(24)27-4/h12-13,15H,6-11H2,1-5H3,(H,20,26)(H,21,25)/t13-,15+/m1/s1. The first-order chi connectivity index (χ1) is 13.1. The van der Waals surface area contributed by atoms with Crippen LogP contribution in [0.4, 0.5) is 0 Å². The minimum absolute atomic E-state index is 0.0156. The predicted molar refractivity (Wildman–Crippen MR) is 108 cm³/mol. The number of carbonyl (C=O) groups excluding carboxylic acids is 5. The third-order valence-electron chi connectivity index (χ3n) is 4.09. The predicted octanol–water partition coefficient (Wildman–Crippen LogP) is 1.11. The van der Waals surface area contributed by atoms with E-state index in [1.807, 2.05) is 6.26 Å². The first kappa shape index (κ1) is 26.1. The number of thioether (sulfide) groups is 1. The highest BCUT2D eigenvalue weighted by molar-refractivity contribution is 7.98. The fourth-order valence-electron chi connectivity index (χ4n) is 2.22. The summed E-state index contributed by atoms with van der Waals surface area (Å²) >= 11 is 1.57. The summed E-state index contributed by atoms with van der Waals surface area (Å²) in [5.41, 5.74) is 0. The van der Waals surface area contributed by atoms with Crippen molar-refractivity contribution in [1.29, 1.82) is 0 Å². The van der Waals surface area contributed by atoms with Crippen molar-refractivity contribution in [2.75, 3.05) is 25.7 Å². The maximum atomic E-state index is 12.5. The molecule has 160 valence electrons. The molecule has 0 bridgehead atoms. The second-order valence-electron chi connectivity index (χ2n) is 6.90. The fourth-order valence-corrected chi connectivity index (χ4v) is 2.69. The molecule has 28 heavy (non-hydrogen) atoms. The van der Waals surface area contributed by atoms with E-state index in [-0.39, 0.29) is 49.2 Å². The molecule has 0 aliphatic heterocycles. The van der Waals surface area contributed by atoms with Crippen LogP contribution in [0.5, 0.6) is 0 Å². The van der Waals surface area contributed by atoms with Gasteiger partial charge < -0.3 is 15.4 Å². The smallest absolute Gasteiger partial charge is 0.305 e. The normalized spacial score (nSPS) is 12.8. The highest BCUT2D eigenvalue weighted by atomic mass is 32.2. The van der Waals surface area contributed by atoms with Crippen molar-refractivity contribution in [3.63, 3.8) is 0 Å². The number of ketones is 2. The van der Waals surface area contributed by atoms with Gasteiger partial charge in [0.25, 0.3) is 0 Å². The quantitative estimate of drug-likeness (QED) is 0.407. The number of esters is 1. The van der Waals surface area contributed by atoms with E-state index >= 15 is 0 Å². The Morgan fingerprint density at radius 1 is 1.00 bits per heavy atom. The minimum Gasteiger partial charge on any atom is -0.469 e. The van der Waals surface area contributed by atoms with Crippen LogP contribution in [0.1, 0.15) is 46.5 Å². The van der Waals surface area contributed by atoms with E-state index in [4.69, 9.17) is 0 Å². The number of rotatable bonds is 14. The molecule has 9 heteroatoms. The molecule has 8 nitrogen and oxygen atoms in total. The van der Waals surface area contributed by atoms with Gasteiger partial charge in [-0.3, -0.25) is 24.0 Å². The van der Waals surface area contributed by atoms with E-state index < -0.39 is 23.8 Å². The Morgan fingerprint density at radius 2 is 1.64 bits per heavy atom. The summed E-state index contributed by atoms with van der Waals surface area (Å²) in [6, 6.07) is -0.626. The molecule has 0 aliphatic rings. The summed E-state index contributed by atoms with van der Waals surface area (Å²) in [7, 11) is 1.24. The Hall–Kier alpha value is -1.90. The van der Waals surface area contributed by atoms with Crippen molar-refractivity contribution >= 4 is 41.1 Å². The Kier molecular flexibility index (Phi) is 13.2. The molecule has 2 N–H and O–H groups in total. The SMILES string of the molecule is COC(=O)CCC(=O)CNC(=O)[C@H](C)CC(=O)[C@H](CCSC)NC(=O)C(C)C. The van der Waals surface area contributed by atoms with Gasteiger partial charge in [-0.05, 0) is 18.4 Å². The number of hydrogen-bond acceptors (Lipinski definition) is 7. The second kappa shape index (κ2) is 14.1. The summed E-state index contributed by atoms with van der Waals surface area (Å²) in [6.45, 7) is 4.90. The van der Waals surface area contributed by atoms with Crippen molar-refractivity contribution < 1.29 is 28.7 Å². The molecule has 0 fully saturated rings. The zero-order valence-corrected chi connectivity index (χ0v) is 18.1. The number of carbonyl (C=O) groups is 5.